The van der Waals surface area contributed by atoms with Crippen molar-refractivity contribution in [3.05, 3.63) is 76.2 Å². The van der Waals surface area contributed by atoms with Crippen molar-refractivity contribution in [3.63, 3.8) is 0 Å². The Balaban J connectivity index is 1.91. The van der Waals surface area contributed by atoms with Crippen LogP contribution in [0.2, 0.25) is 0 Å². The second-order valence-electron chi connectivity index (χ2n) is 7.55. The molecule has 3 aromatic rings. The summed E-state index contributed by atoms with van der Waals surface area (Å²) < 4.78 is 1.67. The molecule has 0 saturated carbocycles. The molecule has 1 aliphatic heterocycles. The summed E-state index contributed by atoms with van der Waals surface area (Å²) >= 11 is 0. The van der Waals surface area contributed by atoms with E-state index in [4.69, 9.17) is 5.73 Å². The van der Waals surface area contributed by atoms with E-state index in [0.717, 1.165) is 16.8 Å². The predicted octanol–water partition coefficient (Wildman–Crippen LogP) is 2.84. The van der Waals surface area contributed by atoms with Gasteiger partial charge in [-0.15, -0.1) is 0 Å². The highest BCUT2D eigenvalue weighted by atomic mass is 16.2. The monoisotopic (exact) mass is 385 g/mol. The van der Waals surface area contributed by atoms with Gasteiger partial charge in [0.05, 0.1) is 5.39 Å². The normalized spacial score (nSPS) is 17.3. The summed E-state index contributed by atoms with van der Waals surface area (Å²) in [5.74, 6) is 6.45. The minimum atomic E-state index is -0.304. The highest BCUT2D eigenvalue weighted by Gasteiger charge is 2.25. The lowest BCUT2D eigenvalue weighted by Gasteiger charge is -2.17. The number of fused-ring (bicyclic) bond motifs is 1. The van der Waals surface area contributed by atoms with Gasteiger partial charge in [-0.2, -0.15) is 0 Å². The number of nitrogens with two attached hydrogens (primary N) is 1. The van der Waals surface area contributed by atoms with Crippen LogP contribution in [0, 0.1) is 17.8 Å². The number of amides is 1. The molecule has 0 radical (unpaired) electrons. The maximum Gasteiger partial charge on any atom is 0.264 e. The van der Waals surface area contributed by atoms with Crippen molar-refractivity contribution in [3.8, 4) is 17.5 Å². The van der Waals surface area contributed by atoms with E-state index in [9.17, 15) is 9.59 Å². The van der Waals surface area contributed by atoms with Crippen LogP contribution in [0.25, 0.3) is 16.5 Å². The van der Waals surface area contributed by atoms with E-state index < -0.39 is 0 Å². The van der Waals surface area contributed by atoms with E-state index in [-0.39, 0.29) is 23.4 Å². The number of rotatable bonds is 2. The van der Waals surface area contributed by atoms with Gasteiger partial charge in [0.2, 0.25) is 5.91 Å². The van der Waals surface area contributed by atoms with E-state index in [2.05, 4.69) is 11.8 Å². The summed E-state index contributed by atoms with van der Waals surface area (Å²) in [7, 11) is 1.79. The molecule has 2 N–H and O–H groups in total. The van der Waals surface area contributed by atoms with Gasteiger partial charge in [0.15, 0.2) is 0 Å². The average molecular weight is 385 g/mol. The molecule has 0 spiro atoms. The quantitative estimate of drug-likeness (QED) is 0.690. The summed E-state index contributed by atoms with van der Waals surface area (Å²) in [5, 5.41) is 1.40. The number of para-hydroxylation sites is 1. The topological polar surface area (TPSA) is 68.3 Å². The molecular formula is C24H23N3O2. The molecule has 2 atom stereocenters. The number of aromatic nitrogens is 1. The Morgan fingerprint density at radius 1 is 1.10 bits per heavy atom. The molecule has 0 aliphatic carbocycles. The number of benzene rings is 2. The van der Waals surface area contributed by atoms with Gasteiger partial charge in [-0.05, 0) is 36.6 Å². The minimum absolute atomic E-state index is 0.0116. The Morgan fingerprint density at radius 3 is 2.52 bits per heavy atom. The second-order valence-corrected chi connectivity index (χ2v) is 7.55. The van der Waals surface area contributed by atoms with Crippen molar-refractivity contribution >= 4 is 16.7 Å². The van der Waals surface area contributed by atoms with E-state index in [1.54, 1.807) is 16.5 Å². The first-order valence-electron chi connectivity index (χ1n) is 9.71. The minimum Gasteiger partial charge on any atom is -0.344 e. The van der Waals surface area contributed by atoms with Gasteiger partial charge in [0, 0.05) is 48.9 Å². The molecule has 0 bridgehead atoms. The first kappa shape index (κ1) is 19.0. The number of carbonyl (C=O) groups is 1. The van der Waals surface area contributed by atoms with Crippen LogP contribution in [-0.2, 0) is 4.79 Å². The zero-order valence-electron chi connectivity index (χ0n) is 16.6. The number of hydrogen-bond acceptors (Lipinski definition) is 3. The molecule has 1 unspecified atom stereocenters. The van der Waals surface area contributed by atoms with Crippen LogP contribution in [0.4, 0.5) is 0 Å². The van der Waals surface area contributed by atoms with Crippen LogP contribution in [0.15, 0.2) is 59.4 Å². The molecule has 29 heavy (non-hydrogen) atoms. The van der Waals surface area contributed by atoms with E-state index in [0.29, 0.717) is 23.9 Å². The number of likely N-dealkylation sites (tertiary alicyclic amines) is 1. The number of hydrogen-bond donors (Lipinski definition) is 1. The van der Waals surface area contributed by atoms with Crippen LogP contribution in [0.1, 0.15) is 30.6 Å². The molecule has 1 fully saturated rings. The van der Waals surface area contributed by atoms with Gasteiger partial charge >= 0.3 is 0 Å². The van der Waals surface area contributed by atoms with Gasteiger partial charge in [0.25, 0.3) is 5.56 Å². The van der Waals surface area contributed by atoms with E-state index in [1.165, 1.54) is 0 Å². The number of carbonyl (C=O) groups excluding carboxylic acids is 1. The fourth-order valence-electron chi connectivity index (χ4n) is 3.80. The number of pyridine rings is 1. The zero-order chi connectivity index (χ0) is 20.5. The molecule has 2 aromatic carbocycles. The summed E-state index contributed by atoms with van der Waals surface area (Å²) in [5.41, 5.74) is 8.26. The van der Waals surface area contributed by atoms with E-state index >= 15 is 0 Å². The summed E-state index contributed by atoms with van der Waals surface area (Å²) in [6.45, 7) is 2.50. The largest absolute Gasteiger partial charge is 0.344 e. The molecule has 4 rings (SSSR count). The van der Waals surface area contributed by atoms with Crippen LogP contribution in [0.5, 0.6) is 0 Å². The van der Waals surface area contributed by atoms with Crippen molar-refractivity contribution in [2.75, 3.05) is 13.6 Å². The molecule has 2 heterocycles. The van der Waals surface area contributed by atoms with Crippen LogP contribution in [-0.4, -0.2) is 29.0 Å². The Kier molecular flexibility index (Phi) is 4.96. The Hall–Kier alpha value is -3.36. The fourth-order valence-corrected chi connectivity index (χ4v) is 3.80. The van der Waals surface area contributed by atoms with Crippen LogP contribution in [0.3, 0.4) is 0 Å². The first-order valence-corrected chi connectivity index (χ1v) is 9.71. The summed E-state index contributed by atoms with van der Waals surface area (Å²) in [4.78, 5) is 27.0. The lowest BCUT2D eigenvalue weighted by molar-refractivity contribution is -0.126. The van der Waals surface area contributed by atoms with Crippen LogP contribution >= 0.6 is 0 Å². The fraction of sp³-hybridized carbons (Fsp3) is 0.250. The third-order valence-corrected chi connectivity index (χ3v) is 5.31. The SMILES string of the molecule is C[C@H](N)c1cc2cccc(C#CC3CC(=O)N(C)C3)c2c(=O)n1-c1ccccc1. The molecule has 5 nitrogen and oxygen atoms in total. The van der Waals surface area contributed by atoms with Crippen molar-refractivity contribution < 1.29 is 4.79 Å². The highest BCUT2D eigenvalue weighted by Crippen LogP contribution is 2.22. The molecular weight excluding hydrogens is 362 g/mol. The summed E-state index contributed by atoms with van der Waals surface area (Å²) in [6, 6.07) is 16.8. The van der Waals surface area contributed by atoms with Gasteiger partial charge in [-0.1, -0.05) is 42.2 Å². The maximum absolute atomic E-state index is 13.6. The molecule has 1 aliphatic rings. The Morgan fingerprint density at radius 2 is 1.86 bits per heavy atom. The van der Waals surface area contributed by atoms with Crippen molar-refractivity contribution in [1.82, 2.24) is 9.47 Å². The zero-order valence-corrected chi connectivity index (χ0v) is 16.6. The highest BCUT2D eigenvalue weighted by molar-refractivity contribution is 5.88. The van der Waals surface area contributed by atoms with Gasteiger partial charge in [-0.25, -0.2) is 0 Å². The standard InChI is InChI=1S/C24H23N3O2/c1-16(25)21-14-19-8-6-7-18(12-11-17-13-22(28)26(2)15-17)23(19)24(29)27(21)20-9-4-3-5-10-20/h3-10,14,16-17H,13,15,25H2,1-2H3/t16-,17?/m0/s1. The third-order valence-electron chi connectivity index (χ3n) is 5.31. The molecule has 5 heteroatoms. The molecule has 1 amide bonds. The van der Waals surface area contributed by atoms with Crippen molar-refractivity contribution in [1.29, 1.82) is 0 Å². The van der Waals surface area contributed by atoms with Gasteiger partial charge in [0.1, 0.15) is 0 Å². The molecule has 1 aromatic heterocycles. The summed E-state index contributed by atoms with van der Waals surface area (Å²) in [6.07, 6.45) is 0.428. The lowest BCUT2D eigenvalue weighted by Crippen LogP contribution is -2.26. The molecule has 1 saturated heterocycles. The van der Waals surface area contributed by atoms with Crippen molar-refractivity contribution in [2.24, 2.45) is 11.7 Å². The third kappa shape index (κ3) is 3.55. The lowest BCUT2D eigenvalue weighted by atomic mass is 10.0. The molecule has 146 valence electrons. The number of nitrogens with zero attached hydrogens (tertiary/aromatic N) is 2. The first-order chi connectivity index (χ1) is 14.0. The average Bonchev–Trinajstić information content (AvgIpc) is 3.04. The second kappa shape index (κ2) is 7.57. The smallest absolute Gasteiger partial charge is 0.264 e. The van der Waals surface area contributed by atoms with Gasteiger partial charge in [-0.3, -0.25) is 14.2 Å². The van der Waals surface area contributed by atoms with Crippen LogP contribution < -0.4 is 11.3 Å². The van der Waals surface area contributed by atoms with Crippen molar-refractivity contribution in [2.45, 2.75) is 19.4 Å². The van der Waals surface area contributed by atoms with E-state index in [1.807, 2.05) is 61.5 Å². The Bertz CT molecular complexity index is 1200. The van der Waals surface area contributed by atoms with Gasteiger partial charge < -0.3 is 10.6 Å². The predicted molar refractivity (Wildman–Crippen MR) is 115 cm³/mol. The Labute approximate surface area is 169 Å². The maximum atomic E-state index is 13.6.